The van der Waals surface area contributed by atoms with Crippen molar-refractivity contribution < 1.29 is 17.9 Å². The summed E-state index contributed by atoms with van der Waals surface area (Å²) in [5.41, 5.74) is 2.54. The maximum Gasteiger partial charge on any atom is 0.251 e. The molecule has 0 bridgehead atoms. The van der Waals surface area contributed by atoms with Crippen LogP contribution in [-0.4, -0.2) is 44.9 Å². The van der Waals surface area contributed by atoms with Gasteiger partial charge in [-0.3, -0.25) is 4.79 Å². The molecular formula is C21H26N2O4S. The second-order valence-electron chi connectivity index (χ2n) is 7.01. The highest BCUT2D eigenvalue weighted by Gasteiger charge is 2.27. The van der Waals surface area contributed by atoms with Gasteiger partial charge in [-0.15, -0.1) is 0 Å². The van der Waals surface area contributed by atoms with Gasteiger partial charge in [0.05, 0.1) is 11.4 Å². The first-order chi connectivity index (χ1) is 13.4. The molecule has 2 aromatic carbocycles. The lowest BCUT2D eigenvalue weighted by atomic mass is 10.1. The minimum Gasteiger partial charge on any atom is -0.491 e. The summed E-state index contributed by atoms with van der Waals surface area (Å²) in [6.07, 6.45) is 1.75. The Bertz CT molecular complexity index is 951. The average Bonchev–Trinajstić information content (AvgIpc) is 3.22. The molecule has 1 aliphatic rings. The molecule has 28 heavy (non-hydrogen) atoms. The normalized spacial score (nSPS) is 14.8. The fourth-order valence-corrected chi connectivity index (χ4v) is 4.83. The van der Waals surface area contributed by atoms with Gasteiger partial charge in [0, 0.05) is 18.7 Å². The topological polar surface area (TPSA) is 75.7 Å². The molecule has 0 saturated carbocycles. The van der Waals surface area contributed by atoms with Gasteiger partial charge in [-0.25, -0.2) is 8.42 Å². The van der Waals surface area contributed by atoms with Crippen LogP contribution in [-0.2, 0) is 10.0 Å². The molecule has 1 fully saturated rings. The summed E-state index contributed by atoms with van der Waals surface area (Å²) in [6.45, 7) is 5.74. The number of aryl methyl sites for hydroxylation is 2. The molecule has 0 aromatic heterocycles. The number of nitrogens with zero attached hydrogens (tertiary/aromatic N) is 1. The lowest BCUT2D eigenvalue weighted by molar-refractivity contribution is 0.0946. The first-order valence-electron chi connectivity index (χ1n) is 9.46. The number of hydrogen-bond donors (Lipinski definition) is 1. The Labute approximate surface area is 166 Å². The fraction of sp³-hybridized carbons (Fsp3) is 0.381. The summed E-state index contributed by atoms with van der Waals surface area (Å²) in [6, 6.07) is 12.1. The van der Waals surface area contributed by atoms with E-state index in [1.165, 1.54) is 22.0 Å². The summed E-state index contributed by atoms with van der Waals surface area (Å²) < 4.78 is 32.5. The van der Waals surface area contributed by atoms with Gasteiger partial charge in [-0.05, 0) is 56.5 Å². The standard InChI is InChI=1S/C21H26N2O4S/c1-16-8-9-20(17(2)14-16)27-13-10-22-21(24)18-6-5-7-19(15-18)28(25,26)23-11-3-4-12-23/h5-9,14-15H,3-4,10-13H2,1-2H3,(H,22,24). The van der Waals surface area contributed by atoms with Crippen LogP contribution >= 0.6 is 0 Å². The van der Waals surface area contributed by atoms with Gasteiger partial charge in [0.1, 0.15) is 12.4 Å². The van der Waals surface area contributed by atoms with Crippen molar-refractivity contribution in [2.45, 2.75) is 31.6 Å². The zero-order valence-corrected chi connectivity index (χ0v) is 17.1. The largest absolute Gasteiger partial charge is 0.491 e. The third-order valence-electron chi connectivity index (χ3n) is 4.77. The highest BCUT2D eigenvalue weighted by atomic mass is 32.2. The Morgan fingerprint density at radius 1 is 1.11 bits per heavy atom. The van der Waals surface area contributed by atoms with E-state index in [9.17, 15) is 13.2 Å². The number of sulfonamides is 1. The third-order valence-corrected chi connectivity index (χ3v) is 6.67. The summed E-state index contributed by atoms with van der Waals surface area (Å²) in [7, 11) is -3.54. The molecule has 6 nitrogen and oxygen atoms in total. The van der Waals surface area contributed by atoms with Crippen molar-refractivity contribution >= 4 is 15.9 Å². The van der Waals surface area contributed by atoms with Crippen molar-refractivity contribution in [3.05, 3.63) is 59.2 Å². The Hall–Kier alpha value is -2.38. The minimum atomic E-state index is -3.54. The van der Waals surface area contributed by atoms with E-state index in [-0.39, 0.29) is 10.8 Å². The van der Waals surface area contributed by atoms with Crippen LogP contribution in [0.25, 0.3) is 0 Å². The van der Waals surface area contributed by atoms with E-state index in [0.29, 0.717) is 31.8 Å². The van der Waals surface area contributed by atoms with E-state index in [1.807, 2.05) is 32.0 Å². The van der Waals surface area contributed by atoms with Gasteiger partial charge < -0.3 is 10.1 Å². The number of rotatable bonds is 7. The van der Waals surface area contributed by atoms with Crippen molar-refractivity contribution in [1.82, 2.24) is 9.62 Å². The molecule has 150 valence electrons. The van der Waals surface area contributed by atoms with Crippen LogP contribution in [0.2, 0.25) is 0 Å². The number of hydrogen-bond acceptors (Lipinski definition) is 4. The van der Waals surface area contributed by atoms with Gasteiger partial charge in [-0.1, -0.05) is 23.8 Å². The van der Waals surface area contributed by atoms with E-state index >= 15 is 0 Å². The van der Waals surface area contributed by atoms with E-state index in [4.69, 9.17) is 4.74 Å². The zero-order chi connectivity index (χ0) is 20.1. The molecule has 1 aliphatic heterocycles. The van der Waals surface area contributed by atoms with Crippen molar-refractivity contribution in [1.29, 1.82) is 0 Å². The van der Waals surface area contributed by atoms with Crippen molar-refractivity contribution in [2.24, 2.45) is 0 Å². The van der Waals surface area contributed by atoms with Crippen LogP contribution in [0.15, 0.2) is 47.4 Å². The number of carbonyl (C=O) groups excluding carboxylic acids is 1. The quantitative estimate of drug-likeness (QED) is 0.723. The second-order valence-corrected chi connectivity index (χ2v) is 8.95. The van der Waals surface area contributed by atoms with Gasteiger partial charge in [0.25, 0.3) is 5.91 Å². The molecule has 0 spiro atoms. The van der Waals surface area contributed by atoms with E-state index in [2.05, 4.69) is 5.32 Å². The summed E-state index contributed by atoms with van der Waals surface area (Å²) in [5, 5.41) is 2.78. The van der Waals surface area contributed by atoms with Crippen LogP contribution < -0.4 is 10.1 Å². The number of carbonyl (C=O) groups is 1. The lowest BCUT2D eigenvalue weighted by Gasteiger charge is -2.16. The first kappa shape index (κ1) is 20.4. The number of benzene rings is 2. The highest BCUT2D eigenvalue weighted by molar-refractivity contribution is 7.89. The van der Waals surface area contributed by atoms with Crippen molar-refractivity contribution in [2.75, 3.05) is 26.2 Å². The molecule has 1 N–H and O–H groups in total. The molecule has 7 heteroatoms. The summed E-state index contributed by atoms with van der Waals surface area (Å²) in [5.74, 6) is 0.473. The molecule has 0 atom stereocenters. The van der Waals surface area contributed by atoms with E-state index in [0.717, 1.165) is 24.2 Å². The molecule has 0 unspecified atom stereocenters. The van der Waals surface area contributed by atoms with Crippen molar-refractivity contribution in [3.63, 3.8) is 0 Å². The lowest BCUT2D eigenvalue weighted by Crippen LogP contribution is -2.30. The number of nitrogens with one attached hydrogen (secondary N) is 1. The second kappa shape index (κ2) is 8.75. The third kappa shape index (κ3) is 4.72. The molecule has 1 saturated heterocycles. The molecule has 0 aliphatic carbocycles. The van der Waals surface area contributed by atoms with Gasteiger partial charge in [-0.2, -0.15) is 4.31 Å². The van der Waals surface area contributed by atoms with Crippen molar-refractivity contribution in [3.8, 4) is 5.75 Å². The van der Waals surface area contributed by atoms with Crippen LogP contribution in [0.3, 0.4) is 0 Å². The maximum atomic E-state index is 12.7. The molecule has 0 radical (unpaired) electrons. The Kier molecular flexibility index (Phi) is 6.36. The highest BCUT2D eigenvalue weighted by Crippen LogP contribution is 2.21. The first-order valence-corrected chi connectivity index (χ1v) is 10.9. The monoisotopic (exact) mass is 402 g/mol. The maximum absolute atomic E-state index is 12.7. The number of amides is 1. The van der Waals surface area contributed by atoms with Crippen LogP contribution in [0, 0.1) is 13.8 Å². The molecule has 3 rings (SSSR count). The molecule has 1 amide bonds. The van der Waals surface area contributed by atoms with Gasteiger partial charge in [0.2, 0.25) is 10.0 Å². The molecule has 1 heterocycles. The summed E-state index contributed by atoms with van der Waals surface area (Å²) in [4.78, 5) is 12.6. The van der Waals surface area contributed by atoms with Crippen LogP contribution in [0.1, 0.15) is 34.3 Å². The summed E-state index contributed by atoms with van der Waals surface area (Å²) >= 11 is 0. The Morgan fingerprint density at radius 3 is 2.57 bits per heavy atom. The van der Waals surface area contributed by atoms with Crippen LogP contribution in [0.4, 0.5) is 0 Å². The minimum absolute atomic E-state index is 0.161. The van der Waals surface area contributed by atoms with Gasteiger partial charge in [0.15, 0.2) is 0 Å². The molecule has 2 aromatic rings. The van der Waals surface area contributed by atoms with E-state index in [1.54, 1.807) is 12.1 Å². The predicted octanol–water partition coefficient (Wildman–Crippen LogP) is 2.90. The van der Waals surface area contributed by atoms with E-state index < -0.39 is 10.0 Å². The Balaban J connectivity index is 1.57. The number of ether oxygens (including phenoxy) is 1. The Morgan fingerprint density at radius 2 is 1.86 bits per heavy atom. The fourth-order valence-electron chi connectivity index (χ4n) is 3.26. The predicted molar refractivity (Wildman–Crippen MR) is 108 cm³/mol. The smallest absolute Gasteiger partial charge is 0.251 e. The zero-order valence-electron chi connectivity index (χ0n) is 16.3. The molecular weight excluding hydrogens is 376 g/mol. The average molecular weight is 403 g/mol. The van der Waals surface area contributed by atoms with Crippen LogP contribution in [0.5, 0.6) is 5.75 Å². The van der Waals surface area contributed by atoms with Gasteiger partial charge >= 0.3 is 0 Å². The SMILES string of the molecule is Cc1ccc(OCCNC(=O)c2cccc(S(=O)(=O)N3CCCC3)c2)c(C)c1.